The van der Waals surface area contributed by atoms with E-state index < -0.39 is 0 Å². The zero-order valence-electron chi connectivity index (χ0n) is 7.91. The molecule has 1 aromatic rings. The second-order valence-corrected chi connectivity index (χ2v) is 3.85. The summed E-state index contributed by atoms with van der Waals surface area (Å²) in [6.07, 6.45) is 0.650. The molecule has 5 heteroatoms. The van der Waals surface area contributed by atoms with E-state index in [1.807, 2.05) is 12.3 Å². The largest absolute Gasteiger partial charge is 0.355 e. The number of nitrogens with one attached hydrogen (secondary N) is 1. The molecule has 0 aliphatic rings. The fraction of sp³-hybridized carbons (Fsp3) is 0.444. The van der Waals surface area contributed by atoms with Gasteiger partial charge in [0.1, 0.15) is 6.42 Å². The molecule has 1 amide bonds. The lowest BCUT2D eigenvalue weighted by Gasteiger charge is -1.99. The van der Waals surface area contributed by atoms with Crippen LogP contribution in [0.1, 0.15) is 17.1 Å². The molecule has 1 aromatic heterocycles. The monoisotopic (exact) mass is 209 g/mol. The Morgan fingerprint density at radius 2 is 2.57 bits per heavy atom. The summed E-state index contributed by atoms with van der Waals surface area (Å²) in [5, 5.41) is 13.9. The SMILES string of the molecule is Cc1nc(CCNC(=O)CC#N)cs1. The van der Waals surface area contributed by atoms with E-state index in [0.717, 1.165) is 17.1 Å². The number of hydrogen-bond donors (Lipinski definition) is 1. The topological polar surface area (TPSA) is 65.8 Å². The van der Waals surface area contributed by atoms with Crippen molar-refractivity contribution in [2.24, 2.45) is 0 Å². The minimum absolute atomic E-state index is 0.0733. The van der Waals surface area contributed by atoms with Crippen molar-refractivity contribution < 1.29 is 4.79 Å². The molecule has 0 fully saturated rings. The predicted octanol–water partition coefficient (Wildman–Crippen LogP) is 1.02. The van der Waals surface area contributed by atoms with Crippen LogP contribution < -0.4 is 5.32 Å². The maximum absolute atomic E-state index is 10.9. The summed E-state index contributed by atoms with van der Waals surface area (Å²) in [6.45, 7) is 2.49. The summed E-state index contributed by atoms with van der Waals surface area (Å²) in [5.41, 5.74) is 0.991. The molecule has 14 heavy (non-hydrogen) atoms. The van der Waals surface area contributed by atoms with E-state index in [-0.39, 0.29) is 12.3 Å². The Morgan fingerprint density at radius 1 is 1.79 bits per heavy atom. The van der Waals surface area contributed by atoms with Gasteiger partial charge in [0, 0.05) is 18.3 Å². The lowest BCUT2D eigenvalue weighted by molar-refractivity contribution is -0.120. The zero-order chi connectivity index (χ0) is 10.4. The number of nitrogens with zero attached hydrogens (tertiary/aromatic N) is 2. The van der Waals surface area contributed by atoms with E-state index in [4.69, 9.17) is 5.26 Å². The van der Waals surface area contributed by atoms with Crippen molar-refractivity contribution in [2.75, 3.05) is 6.54 Å². The number of carbonyl (C=O) groups is 1. The number of carbonyl (C=O) groups excluding carboxylic acids is 1. The molecule has 0 unspecified atom stereocenters. The number of aryl methyl sites for hydroxylation is 1. The van der Waals surface area contributed by atoms with Crippen molar-refractivity contribution in [2.45, 2.75) is 19.8 Å². The molecule has 0 spiro atoms. The maximum atomic E-state index is 10.9. The Labute approximate surface area is 86.6 Å². The fourth-order valence-corrected chi connectivity index (χ4v) is 1.63. The molecule has 1 N–H and O–H groups in total. The maximum Gasteiger partial charge on any atom is 0.234 e. The molecular weight excluding hydrogens is 198 g/mol. The summed E-state index contributed by atoms with van der Waals surface area (Å²) in [6, 6.07) is 1.79. The van der Waals surface area contributed by atoms with Crippen LogP contribution in [0.3, 0.4) is 0 Å². The number of thiazole rings is 1. The van der Waals surface area contributed by atoms with E-state index >= 15 is 0 Å². The Kier molecular flexibility index (Phi) is 4.08. The first-order valence-corrected chi connectivity index (χ1v) is 5.15. The Hall–Kier alpha value is -1.41. The van der Waals surface area contributed by atoms with Gasteiger partial charge in [-0.05, 0) is 6.92 Å². The molecule has 0 aromatic carbocycles. The van der Waals surface area contributed by atoms with Gasteiger partial charge >= 0.3 is 0 Å². The number of amides is 1. The van der Waals surface area contributed by atoms with Crippen LogP contribution in [0, 0.1) is 18.3 Å². The standard InChI is InChI=1S/C9H11N3OS/c1-7-12-8(6-14-7)3-5-11-9(13)2-4-10/h6H,2-3,5H2,1H3,(H,11,13). The Morgan fingerprint density at radius 3 is 3.14 bits per heavy atom. The first kappa shape index (κ1) is 10.7. The van der Waals surface area contributed by atoms with Crippen LogP contribution in [0.4, 0.5) is 0 Å². The number of nitriles is 1. The first-order valence-electron chi connectivity index (χ1n) is 4.27. The third-order valence-corrected chi connectivity index (χ3v) is 2.43. The van der Waals surface area contributed by atoms with Gasteiger partial charge < -0.3 is 5.32 Å². The van der Waals surface area contributed by atoms with E-state index in [0.29, 0.717) is 6.54 Å². The van der Waals surface area contributed by atoms with E-state index in [9.17, 15) is 4.79 Å². The normalized spacial score (nSPS) is 9.43. The third-order valence-electron chi connectivity index (χ3n) is 1.61. The van der Waals surface area contributed by atoms with Crippen molar-refractivity contribution in [3.63, 3.8) is 0 Å². The summed E-state index contributed by atoms with van der Waals surface area (Å²) in [7, 11) is 0. The van der Waals surface area contributed by atoms with Crippen molar-refractivity contribution in [1.82, 2.24) is 10.3 Å². The van der Waals surface area contributed by atoms with Crippen molar-refractivity contribution in [3.8, 4) is 6.07 Å². The molecule has 0 atom stereocenters. The molecule has 0 saturated heterocycles. The van der Waals surface area contributed by atoms with Crippen molar-refractivity contribution in [3.05, 3.63) is 16.1 Å². The summed E-state index contributed by atoms with van der Waals surface area (Å²) < 4.78 is 0. The van der Waals surface area contributed by atoms with Gasteiger partial charge in [-0.3, -0.25) is 4.79 Å². The summed E-state index contributed by atoms with van der Waals surface area (Å²) >= 11 is 1.60. The first-order chi connectivity index (χ1) is 6.72. The van der Waals surface area contributed by atoms with E-state index in [1.54, 1.807) is 17.4 Å². The highest BCUT2D eigenvalue weighted by Crippen LogP contribution is 2.07. The predicted molar refractivity (Wildman–Crippen MR) is 53.8 cm³/mol. The van der Waals surface area contributed by atoms with Gasteiger partial charge in [-0.2, -0.15) is 5.26 Å². The molecule has 0 radical (unpaired) electrons. The lowest BCUT2D eigenvalue weighted by Crippen LogP contribution is -2.24. The lowest BCUT2D eigenvalue weighted by atomic mass is 10.3. The van der Waals surface area contributed by atoms with Gasteiger partial charge in [0.25, 0.3) is 0 Å². The molecule has 0 aliphatic carbocycles. The highest BCUT2D eigenvalue weighted by molar-refractivity contribution is 7.09. The average molecular weight is 209 g/mol. The second kappa shape index (κ2) is 5.35. The Bertz CT molecular complexity index is 353. The molecule has 0 bridgehead atoms. The minimum Gasteiger partial charge on any atom is -0.355 e. The van der Waals surface area contributed by atoms with E-state index in [2.05, 4.69) is 10.3 Å². The van der Waals surface area contributed by atoms with Crippen LogP contribution in [-0.2, 0) is 11.2 Å². The molecule has 4 nitrogen and oxygen atoms in total. The van der Waals surface area contributed by atoms with Crippen molar-refractivity contribution in [1.29, 1.82) is 5.26 Å². The highest BCUT2D eigenvalue weighted by atomic mass is 32.1. The minimum atomic E-state index is -0.223. The highest BCUT2D eigenvalue weighted by Gasteiger charge is 2.01. The smallest absolute Gasteiger partial charge is 0.234 e. The summed E-state index contributed by atoms with van der Waals surface area (Å²) in [5.74, 6) is -0.223. The Balaban J connectivity index is 2.22. The van der Waals surface area contributed by atoms with Crippen molar-refractivity contribution >= 4 is 17.2 Å². The van der Waals surface area contributed by atoms with Gasteiger partial charge in [0.15, 0.2) is 0 Å². The molecule has 1 rings (SSSR count). The fourth-order valence-electron chi connectivity index (χ4n) is 0.987. The molecule has 0 aliphatic heterocycles. The van der Waals surface area contributed by atoms with Gasteiger partial charge in [-0.1, -0.05) is 0 Å². The quantitative estimate of drug-likeness (QED) is 0.805. The molecular formula is C9H11N3OS. The van der Waals surface area contributed by atoms with Crippen LogP contribution in [0.15, 0.2) is 5.38 Å². The number of hydrogen-bond acceptors (Lipinski definition) is 4. The van der Waals surface area contributed by atoms with Gasteiger partial charge in [-0.25, -0.2) is 4.98 Å². The molecule has 1 heterocycles. The second-order valence-electron chi connectivity index (χ2n) is 2.79. The van der Waals surface area contributed by atoms with Gasteiger partial charge in [0.2, 0.25) is 5.91 Å². The summed E-state index contributed by atoms with van der Waals surface area (Å²) in [4.78, 5) is 15.1. The van der Waals surface area contributed by atoms with Crippen LogP contribution in [0.2, 0.25) is 0 Å². The average Bonchev–Trinajstić information content (AvgIpc) is 2.52. The van der Waals surface area contributed by atoms with Gasteiger partial charge in [0.05, 0.1) is 16.8 Å². The number of rotatable bonds is 4. The van der Waals surface area contributed by atoms with Crippen LogP contribution in [0.5, 0.6) is 0 Å². The van der Waals surface area contributed by atoms with Crippen LogP contribution >= 0.6 is 11.3 Å². The van der Waals surface area contributed by atoms with E-state index in [1.165, 1.54) is 0 Å². The number of aromatic nitrogens is 1. The van der Waals surface area contributed by atoms with Gasteiger partial charge in [-0.15, -0.1) is 11.3 Å². The molecule has 74 valence electrons. The zero-order valence-corrected chi connectivity index (χ0v) is 8.73. The van der Waals surface area contributed by atoms with Crippen LogP contribution in [0.25, 0.3) is 0 Å². The van der Waals surface area contributed by atoms with Crippen LogP contribution in [-0.4, -0.2) is 17.4 Å². The molecule has 0 saturated carbocycles. The third kappa shape index (κ3) is 3.54.